The van der Waals surface area contributed by atoms with Crippen LogP contribution >= 0.6 is 0 Å². The predicted octanol–water partition coefficient (Wildman–Crippen LogP) is 4.10. The molecule has 384 valence electrons. The number of nitrogens with one attached hydrogen (secondary N) is 6. The summed E-state index contributed by atoms with van der Waals surface area (Å²) in [5.41, 5.74) is 8.67. The molecule has 0 unspecified atom stereocenters. The standard InChI is InChI=1S/C54H75N9O8/c1-30(2)47(60-49(66)34(7)56-9)53(70)62-28-36(21-43(62)51(68)58-32(5)38-17-13-11-14-18-38)23-45(64)40-25-41(27-42(55)26-40)46(65)24-37-22-44(52(69)59-33(6)39-19-15-12-16-20-39)63(29-37)54(71)48(31(3)4)61-50(67)35(8)57-10/h11-20,25-27,30-37,43-44,47-48,56-57H,21-24,28-29,55H2,1-10H3,(H,58,68)(H,59,69)(H,60,66)(H,61,67)/t32-,33-,34+,35+,36-,37-,43+,44+,47+,48+/m1/s1. The predicted molar refractivity (Wildman–Crippen MR) is 273 cm³/mol. The first-order valence-corrected chi connectivity index (χ1v) is 24.9. The number of nitrogens with zero attached hydrogens (tertiary/aromatic N) is 2. The number of likely N-dealkylation sites (N-methyl/N-ethyl adjacent to an activating group) is 2. The first kappa shape index (κ1) is 55.5. The minimum Gasteiger partial charge on any atom is -0.399 e. The van der Waals surface area contributed by atoms with Crippen molar-refractivity contribution >= 4 is 52.7 Å². The number of carbonyl (C=O) groups is 8. The molecule has 0 radical (unpaired) electrons. The molecule has 0 bridgehead atoms. The van der Waals surface area contributed by atoms with E-state index in [-0.39, 0.29) is 115 Å². The Labute approximate surface area is 418 Å². The highest BCUT2D eigenvalue weighted by molar-refractivity contribution is 6.03. The van der Waals surface area contributed by atoms with Crippen LogP contribution in [0, 0.1) is 23.7 Å². The number of hydrogen-bond acceptors (Lipinski definition) is 11. The molecule has 0 saturated carbocycles. The normalized spacial score (nSPS) is 20.3. The van der Waals surface area contributed by atoms with Gasteiger partial charge in [0, 0.05) is 42.7 Å². The van der Waals surface area contributed by atoms with Gasteiger partial charge in [-0.15, -0.1) is 0 Å². The summed E-state index contributed by atoms with van der Waals surface area (Å²) in [4.78, 5) is 114. The highest BCUT2D eigenvalue weighted by Crippen LogP contribution is 2.33. The van der Waals surface area contributed by atoms with Gasteiger partial charge in [-0.2, -0.15) is 0 Å². The third-order valence-corrected chi connectivity index (χ3v) is 13.9. The molecule has 3 aromatic rings. The molecule has 0 spiro atoms. The monoisotopic (exact) mass is 978 g/mol. The number of Topliss-reactive ketones (excluding diaryl/α,β-unsaturated/α-hetero) is 2. The maximum atomic E-state index is 14.4. The Hall–Kier alpha value is -6.46. The Morgan fingerprint density at radius 2 is 0.887 bits per heavy atom. The Kier molecular flexibility index (Phi) is 19.6. The molecule has 10 atom stereocenters. The van der Waals surface area contributed by atoms with E-state index in [0.717, 1.165) is 11.1 Å². The van der Waals surface area contributed by atoms with E-state index in [1.54, 1.807) is 27.9 Å². The summed E-state index contributed by atoms with van der Waals surface area (Å²) in [6, 6.07) is 17.7. The molecular formula is C54H75N9O8. The summed E-state index contributed by atoms with van der Waals surface area (Å²) < 4.78 is 0. The van der Waals surface area contributed by atoms with Crippen molar-refractivity contribution in [3.63, 3.8) is 0 Å². The lowest BCUT2D eigenvalue weighted by atomic mass is 9.92. The average molecular weight is 978 g/mol. The topological polar surface area (TPSA) is 241 Å². The van der Waals surface area contributed by atoms with Crippen LogP contribution in [0.15, 0.2) is 78.9 Å². The molecule has 8 N–H and O–H groups in total. The zero-order chi connectivity index (χ0) is 52.3. The van der Waals surface area contributed by atoms with Crippen LogP contribution < -0.4 is 37.6 Å². The SMILES string of the molecule is CN[C@@H](C)C(=O)N[C@H](C(=O)N1C[C@@H](CC(=O)c2cc(N)cc(C(=O)C[C@H]3C[C@@H](C(=O)N[C@H](C)c4ccccc4)N(C(=O)[C@@H](NC(=O)[C@H](C)NC)C(C)C)C3)c2)C[C@H]1C(=O)N[C@H](C)c1ccccc1)C(C)C. The van der Waals surface area contributed by atoms with Crippen LogP contribution in [0.25, 0.3) is 0 Å². The van der Waals surface area contributed by atoms with E-state index in [4.69, 9.17) is 5.73 Å². The van der Waals surface area contributed by atoms with Gasteiger partial charge < -0.3 is 47.4 Å². The molecule has 6 amide bonds. The minimum atomic E-state index is -0.936. The van der Waals surface area contributed by atoms with Gasteiger partial charge in [-0.1, -0.05) is 88.4 Å². The van der Waals surface area contributed by atoms with Gasteiger partial charge in [0.05, 0.1) is 24.2 Å². The zero-order valence-electron chi connectivity index (χ0n) is 42.9. The second-order valence-corrected chi connectivity index (χ2v) is 20.1. The smallest absolute Gasteiger partial charge is 0.246 e. The summed E-state index contributed by atoms with van der Waals surface area (Å²) in [5.74, 6) is -4.58. The molecule has 3 aromatic carbocycles. The molecule has 5 rings (SSSR count). The number of nitrogen functional groups attached to an aromatic ring is 1. The highest BCUT2D eigenvalue weighted by atomic mass is 16.2. The first-order valence-electron chi connectivity index (χ1n) is 24.9. The zero-order valence-corrected chi connectivity index (χ0v) is 42.9. The maximum absolute atomic E-state index is 14.4. The molecule has 2 saturated heterocycles. The van der Waals surface area contributed by atoms with E-state index in [1.807, 2.05) is 102 Å². The number of carbonyl (C=O) groups excluding carboxylic acids is 8. The van der Waals surface area contributed by atoms with Gasteiger partial charge in [0.15, 0.2) is 11.6 Å². The van der Waals surface area contributed by atoms with Crippen molar-refractivity contribution in [2.75, 3.05) is 32.9 Å². The summed E-state index contributed by atoms with van der Waals surface area (Å²) in [5, 5.41) is 17.6. The quantitative estimate of drug-likeness (QED) is 0.0559. The minimum absolute atomic E-state index is 0.0626. The third-order valence-electron chi connectivity index (χ3n) is 13.9. The number of benzene rings is 3. The van der Waals surface area contributed by atoms with Crippen molar-refractivity contribution in [3.8, 4) is 0 Å². The van der Waals surface area contributed by atoms with E-state index >= 15 is 0 Å². The maximum Gasteiger partial charge on any atom is 0.246 e. The van der Waals surface area contributed by atoms with Crippen molar-refractivity contribution in [1.29, 1.82) is 0 Å². The number of amides is 6. The molecule has 2 aliphatic heterocycles. The highest BCUT2D eigenvalue weighted by Gasteiger charge is 2.45. The van der Waals surface area contributed by atoms with Gasteiger partial charge in [0.2, 0.25) is 35.4 Å². The van der Waals surface area contributed by atoms with E-state index in [1.165, 1.54) is 28.0 Å². The Bertz CT molecular complexity index is 2220. The van der Waals surface area contributed by atoms with Crippen LogP contribution in [0.2, 0.25) is 0 Å². The Balaban J connectivity index is 1.35. The van der Waals surface area contributed by atoms with Crippen molar-refractivity contribution < 1.29 is 38.4 Å². The fourth-order valence-electron chi connectivity index (χ4n) is 9.33. The fraction of sp³-hybridized carbons (Fsp3) is 0.519. The number of hydrogen-bond donors (Lipinski definition) is 7. The molecule has 17 nitrogen and oxygen atoms in total. The third kappa shape index (κ3) is 14.3. The largest absolute Gasteiger partial charge is 0.399 e. The number of rotatable bonds is 22. The number of ketones is 2. The lowest BCUT2D eigenvalue weighted by Crippen LogP contribution is -2.57. The molecule has 71 heavy (non-hydrogen) atoms. The van der Waals surface area contributed by atoms with Crippen LogP contribution in [0.4, 0.5) is 5.69 Å². The van der Waals surface area contributed by atoms with Crippen LogP contribution in [-0.2, 0) is 28.8 Å². The molecule has 17 heteroatoms. The average Bonchev–Trinajstić information content (AvgIpc) is 3.98. The second kappa shape index (κ2) is 25.1. The lowest BCUT2D eigenvalue weighted by molar-refractivity contribution is -0.142. The van der Waals surface area contributed by atoms with Crippen molar-refractivity contribution in [3.05, 3.63) is 101 Å². The molecular weight excluding hydrogens is 903 g/mol. The number of likely N-dealkylation sites (tertiary alicyclic amines) is 2. The van der Waals surface area contributed by atoms with Crippen LogP contribution in [-0.4, -0.2) is 120 Å². The summed E-state index contributed by atoms with van der Waals surface area (Å²) >= 11 is 0. The number of anilines is 1. The molecule has 0 aromatic heterocycles. The van der Waals surface area contributed by atoms with Gasteiger partial charge in [0.25, 0.3) is 0 Å². The fourth-order valence-corrected chi connectivity index (χ4v) is 9.33. The molecule has 0 aliphatic carbocycles. The van der Waals surface area contributed by atoms with Gasteiger partial charge in [-0.05, 0) is 108 Å². The van der Waals surface area contributed by atoms with Crippen LogP contribution in [0.3, 0.4) is 0 Å². The second-order valence-electron chi connectivity index (χ2n) is 20.1. The van der Waals surface area contributed by atoms with E-state index in [2.05, 4.69) is 31.9 Å². The van der Waals surface area contributed by atoms with Crippen LogP contribution in [0.1, 0.15) is 125 Å². The van der Waals surface area contributed by atoms with Crippen molar-refractivity contribution in [2.24, 2.45) is 23.7 Å². The summed E-state index contributed by atoms with van der Waals surface area (Å²) in [6.45, 7) is 14.5. The first-order chi connectivity index (χ1) is 33.6. The Morgan fingerprint density at radius 3 is 1.21 bits per heavy atom. The Morgan fingerprint density at radius 1 is 0.535 bits per heavy atom. The van der Waals surface area contributed by atoms with Crippen molar-refractivity contribution in [2.45, 2.75) is 129 Å². The van der Waals surface area contributed by atoms with Gasteiger partial charge in [0.1, 0.15) is 24.2 Å². The van der Waals surface area contributed by atoms with Crippen LogP contribution in [0.5, 0.6) is 0 Å². The lowest BCUT2D eigenvalue weighted by Gasteiger charge is -2.31. The van der Waals surface area contributed by atoms with Gasteiger partial charge in [-0.25, -0.2) is 0 Å². The summed E-state index contributed by atoms with van der Waals surface area (Å²) in [6.07, 6.45) is 0.228. The van der Waals surface area contributed by atoms with E-state index in [0.29, 0.717) is 0 Å². The van der Waals surface area contributed by atoms with Gasteiger partial charge >= 0.3 is 0 Å². The number of nitrogens with two attached hydrogens (primary N) is 1. The summed E-state index contributed by atoms with van der Waals surface area (Å²) in [7, 11) is 3.29. The molecule has 2 heterocycles. The molecule has 2 aliphatic rings. The van der Waals surface area contributed by atoms with Gasteiger partial charge in [-0.3, -0.25) is 38.4 Å². The van der Waals surface area contributed by atoms with E-state index in [9.17, 15) is 38.4 Å². The van der Waals surface area contributed by atoms with E-state index < -0.39 is 59.9 Å². The molecule has 2 fully saturated rings. The van der Waals surface area contributed by atoms with Crippen molar-refractivity contribution in [1.82, 2.24) is 41.7 Å².